The molecule has 0 spiro atoms. The molecule has 4 N–H and O–H groups in total. The minimum atomic E-state index is 0.461. The van der Waals surface area contributed by atoms with E-state index in [9.17, 15) is 0 Å². The summed E-state index contributed by atoms with van der Waals surface area (Å²) < 4.78 is 0. The molecule has 4 nitrogen and oxygen atoms in total. The molecule has 2 aliphatic rings. The summed E-state index contributed by atoms with van der Waals surface area (Å²) in [7, 11) is 0. The number of rotatable bonds is 2. The van der Waals surface area contributed by atoms with Crippen LogP contribution in [0.1, 0.15) is 64.7 Å². The summed E-state index contributed by atoms with van der Waals surface area (Å²) in [5, 5.41) is 3.48. The molecule has 0 aromatic heterocycles. The van der Waals surface area contributed by atoms with Gasteiger partial charge in [0, 0.05) is 6.04 Å². The molecule has 2 fully saturated rings. The summed E-state index contributed by atoms with van der Waals surface area (Å²) >= 11 is 0. The van der Waals surface area contributed by atoms with E-state index >= 15 is 0 Å². The fourth-order valence-electron chi connectivity index (χ4n) is 3.11. The van der Waals surface area contributed by atoms with E-state index in [-0.39, 0.29) is 0 Å². The lowest BCUT2D eigenvalue weighted by Gasteiger charge is -2.27. The third-order valence-electron chi connectivity index (χ3n) is 4.38. The van der Waals surface area contributed by atoms with Crippen molar-refractivity contribution in [1.82, 2.24) is 10.7 Å². The molecule has 0 heterocycles. The number of nitrogens with zero attached hydrogens (tertiary/aromatic N) is 1. The van der Waals surface area contributed by atoms with Crippen LogP contribution in [0.3, 0.4) is 0 Å². The Morgan fingerprint density at radius 2 is 1.67 bits per heavy atom. The van der Waals surface area contributed by atoms with Gasteiger partial charge in [-0.15, -0.1) is 0 Å². The number of aliphatic imine (C=N–C) groups is 1. The number of nitrogens with two attached hydrogens (primary N) is 1. The summed E-state index contributed by atoms with van der Waals surface area (Å²) in [5.74, 6) is 7.27. The first-order chi connectivity index (χ1) is 8.78. The fourth-order valence-corrected chi connectivity index (χ4v) is 3.11. The maximum atomic E-state index is 5.59. The molecule has 0 saturated heterocycles. The average Bonchev–Trinajstić information content (AvgIpc) is 2.41. The Kier molecular flexibility index (Phi) is 5.29. The van der Waals surface area contributed by atoms with Gasteiger partial charge in [0.2, 0.25) is 5.96 Å². The Morgan fingerprint density at radius 1 is 1.00 bits per heavy atom. The largest absolute Gasteiger partial charge is 0.353 e. The number of hydrazine groups is 1. The van der Waals surface area contributed by atoms with Crippen molar-refractivity contribution in [1.29, 1.82) is 0 Å². The molecule has 0 atom stereocenters. The third kappa shape index (κ3) is 4.16. The van der Waals surface area contributed by atoms with Crippen LogP contribution in [0.5, 0.6) is 0 Å². The maximum absolute atomic E-state index is 5.59. The van der Waals surface area contributed by atoms with Crippen molar-refractivity contribution >= 4 is 5.96 Å². The van der Waals surface area contributed by atoms with Gasteiger partial charge < -0.3 is 5.32 Å². The summed E-state index contributed by atoms with van der Waals surface area (Å²) in [6, 6.07) is 1.03. The first-order valence-corrected chi connectivity index (χ1v) is 7.59. The van der Waals surface area contributed by atoms with Crippen LogP contribution in [0.15, 0.2) is 4.99 Å². The van der Waals surface area contributed by atoms with Gasteiger partial charge in [0.05, 0.1) is 6.04 Å². The van der Waals surface area contributed by atoms with Gasteiger partial charge in [0.1, 0.15) is 0 Å². The van der Waals surface area contributed by atoms with Gasteiger partial charge in [-0.05, 0) is 44.4 Å². The lowest BCUT2D eigenvalue weighted by Crippen LogP contribution is -2.47. The molecular weight excluding hydrogens is 224 g/mol. The quantitative estimate of drug-likeness (QED) is 0.306. The van der Waals surface area contributed by atoms with E-state index < -0.39 is 0 Å². The molecule has 0 amide bonds. The molecule has 0 radical (unpaired) electrons. The maximum Gasteiger partial charge on any atom is 0.206 e. The van der Waals surface area contributed by atoms with Crippen molar-refractivity contribution in [2.24, 2.45) is 16.8 Å². The first kappa shape index (κ1) is 13.7. The molecule has 0 unspecified atom stereocenters. The van der Waals surface area contributed by atoms with Crippen molar-refractivity contribution in [2.45, 2.75) is 76.8 Å². The van der Waals surface area contributed by atoms with Gasteiger partial charge >= 0.3 is 0 Å². The van der Waals surface area contributed by atoms with Crippen LogP contribution in [0.2, 0.25) is 0 Å². The van der Waals surface area contributed by atoms with Crippen LogP contribution in [0.4, 0.5) is 0 Å². The fraction of sp³-hybridized carbons (Fsp3) is 0.929. The summed E-state index contributed by atoms with van der Waals surface area (Å²) in [4.78, 5) is 4.75. The van der Waals surface area contributed by atoms with Gasteiger partial charge in [-0.2, -0.15) is 0 Å². The van der Waals surface area contributed by atoms with Crippen LogP contribution in [0.25, 0.3) is 0 Å². The van der Waals surface area contributed by atoms with E-state index in [4.69, 9.17) is 10.8 Å². The zero-order chi connectivity index (χ0) is 12.8. The van der Waals surface area contributed by atoms with E-state index in [1.54, 1.807) is 0 Å². The standard InChI is InChI=1S/C14H28N4/c1-11-7-9-13(10-8-11)17-14(18-15)16-12-5-3-2-4-6-12/h11-13H,2-10,15H2,1H3,(H2,16,17,18). The molecule has 104 valence electrons. The van der Waals surface area contributed by atoms with Gasteiger partial charge in [-0.3, -0.25) is 5.43 Å². The predicted octanol–water partition coefficient (Wildman–Crippen LogP) is 2.31. The first-order valence-electron chi connectivity index (χ1n) is 7.59. The molecule has 0 aromatic carbocycles. The molecular formula is C14H28N4. The molecule has 0 aromatic rings. The van der Waals surface area contributed by atoms with Gasteiger partial charge in [0.15, 0.2) is 0 Å². The van der Waals surface area contributed by atoms with E-state index in [0.29, 0.717) is 12.1 Å². The van der Waals surface area contributed by atoms with Crippen molar-refractivity contribution in [2.75, 3.05) is 0 Å². The van der Waals surface area contributed by atoms with Gasteiger partial charge in [-0.25, -0.2) is 10.8 Å². The Bertz CT molecular complexity index is 263. The van der Waals surface area contributed by atoms with Crippen LogP contribution >= 0.6 is 0 Å². The molecule has 18 heavy (non-hydrogen) atoms. The monoisotopic (exact) mass is 252 g/mol. The molecule has 4 heteroatoms. The summed E-state index contributed by atoms with van der Waals surface area (Å²) in [6.45, 7) is 2.34. The number of guanidine groups is 1. The van der Waals surface area contributed by atoms with E-state index in [1.807, 2.05) is 0 Å². The zero-order valence-electron chi connectivity index (χ0n) is 11.6. The van der Waals surface area contributed by atoms with Crippen LogP contribution in [-0.4, -0.2) is 18.0 Å². The predicted molar refractivity (Wildman–Crippen MR) is 76.2 cm³/mol. The van der Waals surface area contributed by atoms with Crippen LogP contribution in [-0.2, 0) is 0 Å². The zero-order valence-corrected chi connectivity index (χ0v) is 11.6. The van der Waals surface area contributed by atoms with Gasteiger partial charge in [0.25, 0.3) is 0 Å². The molecule has 2 aliphatic carbocycles. The Balaban J connectivity index is 1.82. The number of hydrogen-bond acceptors (Lipinski definition) is 2. The highest BCUT2D eigenvalue weighted by Crippen LogP contribution is 2.25. The molecule has 0 bridgehead atoms. The topological polar surface area (TPSA) is 62.4 Å². The van der Waals surface area contributed by atoms with Crippen molar-refractivity contribution in [3.8, 4) is 0 Å². The SMILES string of the molecule is CC1CCC(N=C(NN)NC2CCCCC2)CC1. The second kappa shape index (κ2) is 6.98. The van der Waals surface area contributed by atoms with E-state index in [2.05, 4.69) is 17.7 Å². The third-order valence-corrected chi connectivity index (χ3v) is 4.38. The minimum Gasteiger partial charge on any atom is -0.353 e. The smallest absolute Gasteiger partial charge is 0.206 e. The highest BCUT2D eigenvalue weighted by atomic mass is 15.3. The number of hydrogen-bond donors (Lipinski definition) is 3. The van der Waals surface area contributed by atoms with E-state index in [0.717, 1.165) is 11.9 Å². The molecule has 0 aliphatic heterocycles. The average molecular weight is 252 g/mol. The number of nitrogens with one attached hydrogen (secondary N) is 2. The normalized spacial score (nSPS) is 31.1. The summed E-state index contributed by atoms with van der Waals surface area (Å²) in [5.41, 5.74) is 2.75. The summed E-state index contributed by atoms with van der Waals surface area (Å²) in [6.07, 6.45) is 11.6. The van der Waals surface area contributed by atoms with Crippen molar-refractivity contribution in [3.05, 3.63) is 0 Å². The van der Waals surface area contributed by atoms with Crippen molar-refractivity contribution < 1.29 is 0 Å². The minimum absolute atomic E-state index is 0.461. The highest BCUT2D eigenvalue weighted by Gasteiger charge is 2.19. The van der Waals surface area contributed by atoms with Crippen molar-refractivity contribution in [3.63, 3.8) is 0 Å². The Hall–Kier alpha value is -0.770. The Morgan fingerprint density at radius 3 is 2.28 bits per heavy atom. The second-order valence-corrected chi connectivity index (χ2v) is 6.02. The van der Waals surface area contributed by atoms with E-state index in [1.165, 1.54) is 57.8 Å². The Labute approximate surface area is 111 Å². The second-order valence-electron chi connectivity index (χ2n) is 6.02. The van der Waals surface area contributed by atoms with Gasteiger partial charge in [-0.1, -0.05) is 26.2 Å². The highest BCUT2D eigenvalue weighted by molar-refractivity contribution is 5.79. The lowest BCUT2D eigenvalue weighted by molar-refractivity contribution is 0.346. The molecule has 2 rings (SSSR count). The molecule has 2 saturated carbocycles. The van der Waals surface area contributed by atoms with Crippen LogP contribution < -0.4 is 16.6 Å². The van der Waals surface area contributed by atoms with Crippen LogP contribution in [0, 0.1) is 5.92 Å². The lowest BCUT2D eigenvalue weighted by atomic mass is 9.88.